The lowest BCUT2D eigenvalue weighted by Gasteiger charge is -2.17. The fourth-order valence-corrected chi connectivity index (χ4v) is 5.38. The molecule has 2 amide bonds. The molecule has 1 atom stereocenters. The number of ether oxygens (including phenoxy) is 1. The number of sulfonamides is 1. The largest absolute Gasteiger partial charge is 0.436 e. The molecule has 2 aromatic carbocycles. The van der Waals surface area contributed by atoms with Gasteiger partial charge in [0.05, 0.1) is 15.6 Å². The van der Waals surface area contributed by atoms with Crippen LogP contribution in [0.15, 0.2) is 58.9 Å². The Morgan fingerprint density at radius 2 is 1.94 bits per heavy atom. The van der Waals surface area contributed by atoms with E-state index in [0.717, 1.165) is 11.3 Å². The van der Waals surface area contributed by atoms with Crippen LogP contribution in [0.25, 0.3) is 0 Å². The molecule has 4 rings (SSSR count). The van der Waals surface area contributed by atoms with Gasteiger partial charge in [-0.25, -0.2) is 18.2 Å². The molecular formula is C20H16Cl2N4O5S2. The highest BCUT2D eigenvalue weighted by Gasteiger charge is 2.35. The predicted molar refractivity (Wildman–Crippen MR) is 127 cm³/mol. The quantitative estimate of drug-likeness (QED) is 0.484. The highest BCUT2D eigenvalue weighted by molar-refractivity contribution is 7.93. The van der Waals surface area contributed by atoms with Gasteiger partial charge >= 0.3 is 6.09 Å². The summed E-state index contributed by atoms with van der Waals surface area (Å²) in [6.07, 6.45) is -0.0279. The molecule has 1 saturated heterocycles. The predicted octanol–water partition coefficient (Wildman–Crippen LogP) is 4.60. The van der Waals surface area contributed by atoms with Crippen molar-refractivity contribution in [3.05, 3.63) is 64.1 Å². The number of halogens is 2. The van der Waals surface area contributed by atoms with Crippen LogP contribution in [0.2, 0.25) is 10.0 Å². The van der Waals surface area contributed by atoms with Gasteiger partial charge in [-0.2, -0.15) is 0 Å². The van der Waals surface area contributed by atoms with Crippen molar-refractivity contribution >= 4 is 73.1 Å². The molecule has 0 spiro atoms. The Morgan fingerprint density at radius 3 is 2.61 bits per heavy atom. The van der Waals surface area contributed by atoms with Gasteiger partial charge in [-0.1, -0.05) is 23.2 Å². The minimum absolute atomic E-state index is 0.0279. The molecule has 0 radical (unpaired) electrons. The molecule has 1 aliphatic heterocycles. The number of anilines is 3. The summed E-state index contributed by atoms with van der Waals surface area (Å²) in [4.78, 5) is 30.3. The maximum absolute atomic E-state index is 12.7. The number of thiazole rings is 1. The number of benzene rings is 2. The van der Waals surface area contributed by atoms with Crippen molar-refractivity contribution in [2.24, 2.45) is 0 Å². The van der Waals surface area contributed by atoms with Crippen LogP contribution in [0, 0.1) is 0 Å². The highest BCUT2D eigenvalue weighted by Crippen LogP contribution is 2.28. The minimum Gasteiger partial charge on any atom is -0.436 e. The zero-order valence-corrected chi connectivity index (χ0v) is 19.8. The van der Waals surface area contributed by atoms with Crippen molar-refractivity contribution < 1.29 is 22.7 Å². The van der Waals surface area contributed by atoms with E-state index >= 15 is 0 Å². The van der Waals surface area contributed by atoms with Gasteiger partial charge in [-0.05, 0) is 42.5 Å². The zero-order valence-electron chi connectivity index (χ0n) is 16.7. The van der Waals surface area contributed by atoms with Crippen molar-refractivity contribution in [1.29, 1.82) is 0 Å². The summed E-state index contributed by atoms with van der Waals surface area (Å²) >= 11 is 13.0. The fourth-order valence-electron chi connectivity index (χ4n) is 3.13. The molecule has 1 fully saturated rings. The van der Waals surface area contributed by atoms with Gasteiger partial charge in [0.15, 0.2) is 11.2 Å². The lowest BCUT2D eigenvalue weighted by Crippen LogP contribution is -2.33. The van der Waals surface area contributed by atoms with E-state index in [0.29, 0.717) is 22.9 Å². The third kappa shape index (κ3) is 5.38. The number of nitrogens with zero attached hydrogens (tertiary/aromatic N) is 2. The molecule has 0 aliphatic carbocycles. The summed E-state index contributed by atoms with van der Waals surface area (Å²) in [6.45, 7) is 0.307. The maximum Gasteiger partial charge on any atom is 0.412 e. The Bertz CT molecular complexity index is 1280. The average Bonchev–Trinajstić information content (AvgIpc) is 3.40. The van der Waals surface area contributed by atoms with Crippen LogP contribution >= 0.6 is 34.5 Å². The monoisotopic (exact) mass is 526 g/mol. The normalized spacial score (nSPS) is 16.0. The molecule has 2 N–H and O–H groups in total. The Morgan fingerprint density at radius 1 is 1.18 bits per heavy atom. The van der Waals surface area contributed by atoms with Gasteiger partial charge in [0, 0.05) is 35.3 Å². The van der Waals surface area contributed by atoms with Crippen LogP contribution in [-0.4, -0.2) is 38.1 Å². The van der Waals surface area contributed by atoms with Crippen molar-refractivity contribution in [2.75, 3.05) is 21.5 Å². The standard InChI is InChI=1S/C20H16Cl2N4O5S2/c21-12-1-6-16(15(22)11-12)24-20(28)31-17-7-9-26(18(17)27)13-2-4-14(5-3-13)33(29,30)25-19-23-8-10-32-19/h1-6,8,10-11,17H,7,9H2,(H,23,25)(H,24,28). The van der Waals surface area contributed by atoms with Gasteiger partial charge < -0.3 is 9.64 Å². The van der Waals surface area contributed by atoms with Crippen molar-refractivity contribution in [3.8, 4) is 0 Å². The van der Waals surface area contributed by atoms with E-state index in [1.165, 1.54) is 47.5 Å². The first-order chi connectivity index (χ1) is 15.7. The second kappa shape index (κ2) is 9.56. The molecule has 172 valence electrons. The first-order valence-corrected chi connectivity index (χ1v) is 12.6. The molecule has 0 saturated carbocycles. The van der Waals surface area contributed by atoms with E-state index in [-0.39, 0.29) is 21.5 Å². The van der Waals surface area contributed by atoms with E-state index in [9.17, 15) is 18.0 Å². The number of hydrogen-bond acceptors (Lipinski definition) is 7. The molecule has 9 nitrogen and oxygen atoms in total. The van der Waals surface area contributed by atoms with E-state index in [2.05, 4.69) is 15.0 Å². The Balaban J connectivity index is 1.38. The first kappa shape index (κ1) is 23.3. The van der Waals surface area contributed by atoms with Gasteiger partial charge in [-0.15, -0.1) is 11.3 Å². The van der Waals surface area contributed by atoms with E-state index in [1.807, 2.05) is 0 Å². The summed E-state index contributed by atoms with van der Waals surface area (Å²) in [5, 5.41) is 5.04. The third-order valence-corrected chi connectivity index (χ3v) is 7.41. The number of carbonyl (C=O) groups is 2. The van der Waals surface area contributed by atoms with Crippen LogP contribution in [0.1, 0.15) is 6.42 Å². The molecular weight excluding hydrogens is 511 g/mol. The summed E-state index contributed by atoms with van der Waals surface area (Å²) in [7, 11) is -3.80. The third-order valence-electron chi connectivity index (χ3n) is 4.69. The smallest absolute Gasteiger partial charge is 0.412 e. The second-order valence-electron chi connectivity index (χ2n) is 6.86. The summed E-state index contributed by atoms with van der Waals surface area (Å²) in [5.41, 5.74) is 0.789. The number of nitrogens with one attached hydrogen (secondary N) is 2. The Hall–Kier alpha value is -2.86. The summed E-state index contributed by atoms with van der Waals surface area (Å²) < 4.78 is 32.6. The Labute approximate surface area is 203 Å². The number of amides is 2. The van der Waals surface area contributed by atoms with Crippen molar-refractivity contribution in [2.45, 2.75) is 17.4 Å². The molecule has 1 aromatic heterocycles. The van der Waals surface area contributed by atoms with Gasteiger partial charge in [0.25, 0.3) is 15.9 Å². The van der Waals surface area contributed by atoms with E-state index in [1.54, 1.807) is 11.4 Å². The van der Waals surface area contributed by atoms with E-state index < -0.39 is 28.1 Å². The minimum atomic E-state index is -3.80. The van der Waals surface area contributed by atoms with Crippen LogP contribution in [-0.2, 0) is 19.6 Å². The maximum atomic E-state index is 12.7. The topological polar surface area (TPSA) is 118 Å². The average molecular weight is 527 g/mol. The molecule has 2 heterocycles. The molecule has 13 heteroatoms. The van der Waals surface area contributed by atoms with Crippen LogP contribution in [0.5, 0.6) is 0 Å². The van der Waals surface area contributed by atoms with Gasteiger partial charge in [0.1, 0.15) is 0 Å². The SMILES string of the molecule is O=C(Nc1ccc(Cl)cc1Cl)OC1CCN(c2ccc(S(=O)(=O)Nc3nccs3)cc2)C1=O. The molecule has 1 aliphatic rings. The first-order valence-electron chi connectivity index (χ1n) is 9.49. The van der Waals surface area contributed by atoms with Crippen LogP contribution < -0.4 is 14.9 Å². The number of carbonyl (C=O) groups excluding carboxylic acids is 2. The number of rotatable bonds is 6. The number of hydrogen-bond donors (Lipinski definition) is 2. The molecule has 3 aromatic rings. The zero-order chi connectivity index (χ0) is 23.6. The lowest BCUT2D eigenvalue weighted by molar-refractivity contribution is -0.124. The highest BCUT2D eigenvalue weighted by atomic mass is 35.5. The van der Waals surface area contributed by atoms with Gasteiger partial charge in [0.2, 0.25) is 0 Å². The Kier molecular flexibility index (Phi) is 6.75. The summed E-state index contributed by atoms with van der Waals surface area (Å²) in [6, 6.07) is 10.4. The van der Waals surface area contributed by atoms with Crippen LogP contribution in [0.3, 0.4) is 0 Å². The van der Waals surface area contributed by atoms with Gasteiger partial charge in [-0.3, -0.25) is 14.8 Å². The lowest BCUT2D eigenvalue weighted by atomic mass is 10.3. The van der Waals surface area contributed by atoms with Crippen LogP contribution in [0.4, 0.5) is 21.3 Å². The fraction of sp³-hybridized carbons (Fsp3) is 0.150. The van der Waals surface area contributed by atoms with E-state index in [4.69, 9.17) is 27.9 Å². The van der Waals surface area contributed by atoms with Crippen molar-refractivity contribution in [1.82, 2.24) is 4.98 Å². The van der Waals surface area contributed by atoms with Crippen molar-refractivity contribution in [3.63, 3.8) is 0 Å². The molecule has 33 heavy (non-hydrogen) atoms. The number of aromatic nitrogens is 1. The molecule has 0 bridgehead atoms. The molecule has 1 unspecified atom stereocenters. The second-order valence-corrected chi connectivity index (χ2v) is 10.3. The summed E-state index contributed by atoms with van der Waals surface area (Å²) in [5.74, 6) is -0.413.